The third-order valence-corrected chi connectivity index (χ3v) is 2.08. The number of carbonyl (C=O) groups is 2. The molecule has 1 rings (SSSR count). The summed E-state index contributed by atoms with van der Waals surface area (Å²) in [4.78, 5) is 41.3. The van der Waals surface area contributed by atoms with E-state index in [1.54, 1.807) is 0 Å². The van der Waals surface area contributed by atoms with E-state index in [1.807, 2.05) is 0 Å². The van der Waals surface area contributed by atoms with E-state index >= 15 is 0 Å². The lowest BCUT2D eigenvalue weighted by molar-refractivity contribution is -0.422. The summed E-state index contributed by atoms with van der Waals surface area (Å²) in [6.45, 7) is 0. The molecule has 0 spiro atoms. The Kier molecular flexibility index (Phi) is 3.67. The van der Waals surface area contributed by atoms with E-state index in [4.69, 9.17) is 0 Å². The van der Waals surface area contributed by atoms with E-state index in [0.29, 0.717) is 0 Å². The van der Waals surface area contributed by atoms with Crippen molar-refractivity contribution < 1.29 is 24.2 Å². The minimum atomic E-state index is -1.10. The highest BCUT2D eigenvalue weighted by Crippen LogP contribution is 2.33. The molecule has 0 saturated carbocycles. The van der Waals surface area contributed by atoms with Gasteiger partial charge in [0.15, 0.2) is 6.29 Å². The maximum absolute atomic E-state index is 11.3. The van der Waals surface area contributed by atoms with Crippen LogP contribution in [0.2, 0.25) is 0 Å². The van der Waals surface area contributed by atoms with Crippen molar-refractivity contribution in [1.29, 1.82) is 0 Å². The van der Waals surface area contributed by atoms with Crippen molar-refractivity contribution in [3.8, 4) is 0 Å². The Morgan fingerprint density at radius 1 is 1.22 bits per heavy atom. The van der Waals surface area contributed by atoms with E-state index in [0.717, 1.165) is 19.2 Å². The van der Waals surface area contributed by atoms with Crippen LogP contribution >= 0.6 is 0 Å². The van der Waals surface area contributed by atoms with Crippen molar-refractivity contribution in [2.24, 2.45) is 0 Å². The fourth-order valence-corrected chi connectivity index (χ4v) is 1.34. The Balaban J connectivity index is 3.73. The molecule has 0 fully saturated rings. The highest BCUT2D eigenvalue weighted by atomic mass is 16.6. The summed E-state index contributed by atoms with van der Waals surface area (Å²) in [5.41, 5.74) is -3.16. The van der Waals surface area contributed by atoms with Crippen LogP contribution in [0, 0.1) is 20.2 Å². The van der Waals surface area contributed by atoms with Crippen LogP contribution in [0.25, 0.3) is 0 Å². The number of hydrogen-bond acceptors (Lipinski definition) is 7. The number of ether oxygens (including phenoxy) is 1. The third-order valence-electron chi connectivity index (χ3n) is 2.08. The van der Waals surface area contributed by atoms with Gasteiger partial charge in [-0.2, -0.15) is 0 Å². The van der Waals surface area contributed by atoms with E-state index < -0.39 is 38.3 Å². The van der Waals surface area contributed by atoms with Crippen LogP contribution in [0.3, 0.4) is 0 Å². The number of carbonyl (C=O) groups excluding carboxylic acids is 2. The highest BCUT2D eigenvalue weighted by molar-refractivity contribution is 5.99. The summed E-state index contributed by atoms with van der Waals surface area (Å²) in [5, 5.41) is 21.6. The van der Waals surface area contributed by atoms with Crippen molar-refractivity contribution in [3.63, 3.8) is 0 Å². The first-order valence-corrected chi connectivity index (χ1v) is 4.43. The number of nitro benzene ring substituents is 2. The Labute approximate surface area is 99.3 Å². The van der Waals surface area contributed by atoms with Crippen molar-refractivity contribution in [1.82, 2.24) is 0 Å². The Bertz CT molecular complexity index is 552. The molecule has 94 valence electrons. The minimum absolute atomic E-state index is 0.103. The van der Waals surface area contributed by atoms with Crippen molar-refractivity contribution >= 4 is 23.6 Å². The summed E-state index contributed by atoms with van der Waals surface area (Å²) in [6, 6.07) is 1.88. The zero-order valence-electron chi connectivity index (χ0n) is 8.98. The van der Waals surface area contributed by atoms with E-state index in [-0.39, 0.29) is 6.29 Å². The third kappa shape index (κ3) is 2.14. The van der Waals surface area contributed by atoms with Gasteiger partial charge in [-0.15, -0.1) is 0 Å². The molecule has 18 heavy (non-hydrogen) atoms. The van der Waals surface area contributed by atoms with Crippen LogP contribution < -0.4 is 0 Å². The molecule has 0 aromatic heterocycles. The average Bonchev–Trinajstić information content (AvgIpc) is 2.35. The molecular weight excluding hydrogens is 248 g/mol. The van der Waals surface area contributed by atoms with Gasteiger partial charge < -0.3 is 4.74 Å². The molecule has 1 aromatic carbocycles. The van der Waals surface area contributed by atoms with Crippen LogP contribution in [0.5, 0.6) is 0 Å². The number of hydrogen-bond donors (Lipinski definition) is 0. The van der Waals surface area contributed by atoms with E-state index in [9.17, 15) is 29.8 Å². The molecule has 9 nitrogen and oxygen atoms in total. The smallest absolute Gasteiger partial charge is 0.361 e. The van der Waals surface area contributed by atoms with Gasteiger partial charge in [0.25, 0.3) is 0 Å². The van der Waals surface area contributed by atoms with Gasteiger partial charge in [-0.05, 0) is 12.1 Å². The summed E-state index contributed by atoms with van der Waals surface area (Å²) in [5.74, 6) is -1.10. The molecule has 0 bridgehead atoms. The van der Waals surface area contributed by atoms with Crippen LogP contribution in [-0.4, -0.2) is 29.2 Å². The molecule has 0 aliphatic rings. The molecule has 9 heteroatoms. The number of benzene rings is 1. The second-order valence-corrected chi connectivity index (χ2v) is 3.02. The quantitative estimate of drug-likeness (QED) is 0.340. The number of aldehydes is 1. The van der Waals surface area contributed by atoms with Crippen LogP contribution in [0.4, 0.5) is 11.4 Å². The summed E-state index contributed by atoms with van der Waals surface area (Å²) in [7, 11) is 0.978. The maximum atomic E-state index is 11.3. The first-order valence-electron chi connectivity index (χ1n) is 4.43. The summed E-state index contributed by atoms with van der Waals surface area (Å²) in [6.07, 6.45) is 0.103. The molecular formula is C9H6N2O7. The largest absolute Gasteiger partial charge is 0.465 e. The number of esters is 1. The number of methoxy groups -OCH3 is 1. The molecule has 0 unspecified atom stereocenters. The molecule has 0 N–H and O–H groups in total. The molecule has 0 radical (unpaired) electrons. The maximum Gasteiger partial charge on any atom is 0.361 e. The van der Waals surface area contributed by atoms with Crippen LogP contribution in [-0.2, 0) is 4.74 Å². The van der Waals surface area contributed by atoms with Gasteiger partial charge in [-0.1, -0.05) is 0 Å². The second-order valence-electron chi connectivity index (χ2n) is 3.02. The predicted molar refractivity (Wildman–Crippen MR) is 56.5 cm³/mol. The summed E-state index contributed by atoms with van der Waals surface area (Å²) < 4.78 is 4.28. The zero-order chi connectivity index (χ0) is 13.9. The Morgan fingerprint density at radius 2 is 1.78 bits per heavy atom. The van der Waals surface area contributed by atoms with E-state index in [1.165, 1.54) is 0 Å². The van der Waals surface area contributed by atoms with Crippen LogP contribution in [0.15, 0.2) is 12.1 Å². The van der Waals surface area contributed by atoms with Gasteiger partial charge in [0.05, 0.1) is 22.5 Å². The van der Waals surface area contributed by atoms with Gasteiger partial charge in [0.1, 0.15) is 5.56 Å². The minimum Gasteiger partial charge on any atom is -0.465 e. The zero-order valence-corrected chi connectivity index (χ0v) is 8.98. The van der Waals surface area contributed by atoms with Gasteiger partial charge in [-0.25, -0.2) is 4.79 Å². The lowest BCUT2D eigenvalue weighted by Crippen LogP contribution is -2.09. The fourth-order valence-electron chi connectivity index (χ4n) is 1.34. The molecule has 0 heterocycles. The molecule has 0 amide bonds. The first-order chi connectivity index (χ1) is 8.43. The number of rotatable bonds is 4. The SMILES string of the molecule is COC(=O)c1ccc(C=O)c([N+](=O)[O-])c1[N+](=O)[O-]. The first kappa shape index (κ1) is 13.2. The van der Waals surface area contributed by atoms with E-state index in [2.05, 4.69) is 4.74 Å². The normalized spacial score (nSPS) is 9.61. The van der Waals surface area contributed by atoms with Crippen molar-refractivity contribution in [2.45, 2.75) is 0 Å². The number of nitro groups is 2. The topological polar surface area (TPSA) is 130 Å². The lowest BCUT2D eigenvalue weighted by Gasteiger charge is -2.03. The summed E-state index contributed by atoms with van der Waals surface area (Å²) >= 11 is 0. The second kappa shape index (κ2) is 4.99. The van der Waals surface area contributed by atoms with Crippen molar-refractivity contribution in [2.75, 3.05) is 7.11 Å². The molecule has 0 saturated heterocycles. The van der Waals surface area contributed by atoms with Gasteiger partial charge in [-0.3, -0.25) is 25.0 Å². The van der Waals surface area contributed by atoms with Gasteiger partial charge in [0, 0.05) is 0 Å². The predicted octanol–water partition coefficient (Wildman–Crippen LogP) is 1.10. The molecule has 1 aromatic rings. The molecule has 0 aliphatic heterocycles. The number of nitrogens with zero attached hydrogens (tertiary/aromatic N) is 2. The molecule has 0 atom stereocenters. The highest BCUT2D eigenvalue weighted by Gasteiger charge is 2.35. The standard InChI is InChI=1S/C9H6N2O7/c1-18-9(13)6-3-2-5(4-12)7(10(14)15)8(6)11(16)17/h2-4H,1H3. The monoisotopic (exact) mass is 254 g/mol. The molecule has 0 aliphatic carbocycles. The fraction of sp³-hybridized carbons (Fsp3) is 0.111. The average molecular weight is 254 g/mol. The Hall–Kier alpha value is -2.84. The van der Waals surface area contributed by atoms with Gasteiger partial charge >= 0.3 is 17.3 Å². The Morgan fingerprint density at radius 3 is 2.17 bits per heavy atom. The van der Waals surface area contributed by atoms with Crippen molar-refractivity contribution in [3.05, 3.63) is 43.5 Å². The van der Waals surface area contributed by atoms with Crippen LogP contribution in [0.1, 0.15) is 20.7 Å². The van der Waals surface area contributed by atoms with Gasteiger partial charge in [0.2, 0.25) is 0 Å². The lowest BCUT2D eigenvalue weighted by atomic mass is 10.1.